The lowest BCUT2D eigenvalue weighted by Crippen LogP contribution is -2.31. The number of ether oxygens (including phenoxy) is 2. The van der Waals surface area contributed by atoms with Crippen LogP contribution in [0.3, 0.4) is 0 Å². The van der Waals surface area contributed by atoms with E-state index in [-0.39, 0.29) is 6.10 Å². The van der Waals surface area contributed by atoms with Crippen molar-refractivity contribution in [2.75, 3.05) is 4.61 Å². The van der Waals surface area contributed by atoms with Crippen LogP contribution in [0.1, 0.15) is 33.6 Å². The van der Waals surface area contributed by atoms with E-state index in [4.69, 9.17) is 9.47 Å². The third-order valence-electron chi connectivity index (χ3n) is 2.90. The van der Waals surface area contributed by atoms with Crippen LogP contribution in [0.25, 0.3) is 0 Å². The molecule has 0 spiro atoms. The quantitative estimate of drug-likeness (QED) is 0.362. The maximum Gasteiger partial charge on any atom is 0.270 e. The van der Waals surface area contributed by atoms with E-state index in [0.29, 0.717) is 16.4 Å². The summed E-state index contributed by atoms with van der Waals surface area (Å²) in [5.74, 6) is 1.07. The highest BCUT2D eigenvalue weighted by Crippen LogP contribution is 2.30. The fraction of sp³-hybridized carbons (Fsp3) is 0.833. The average molecular weight is 340 g/mol. The minimum atomic E-state index is -1.10. The van der Waals surface area contributed by atoms with Crippen LogP contribution in [0.15, 0.2) is 11.6 Å². The highest BCUT2D eigenvalue weighted by Gasteiger charge is 2.26. The topological polar surface area (TPSA) is 38.7 Å². The fourth-order valence-corrected chi connectivity index (χ4v) is 2.35. The summed E-state index contributed by atoms with van der Waals surface area (Å²) in [5, 5.41) is 9.51. The molecule has 3 nitrogen and oxygen atoms in total. The van der Waals surface area contributed by atoms with Crippen molar-refractivity contribution in [3.8, 4) is 0 Å². The van der Waals surface area contributed by atoms with Crippen molar-refractivity contribution in [3.63, 3.8) is 0 Å². The Kier molecular flexibility index (Phi) is 6.25. The Bertz CT molecular complexity index is 240. The predicted octanol–water partition coefficient (Wildman–Crippen LogP) is 3.07. The highest BCUT2D eigenvalue weighted by molar-refractivity contribution is 14.1. The largest absolute Gasteiger partial charge is 0.346 e. The van der Waals surface area contributed by atoms with Gasteiger partial charge in [-0.3, -0.25) is 0 Å². The second kappa shape index (κ2) is 6.93. The molecular weight excluding hydrogens is 319 g/mol. The molecule has 0 saturated heterocycles. The van der Waals surface area contributed by atoms with Crippen LogP contribution in [0.4, 0.5) is 0 Å². The fourth-order valence-electron chi connectivity index (χ4n) is 2.04. The van der Waals surface area contributed by atoms with Crippen molar-refractivity contribution >= 4 is 22.6 Å². The summed E-state index contributed by atoms with van der Waals surface area (Å²) in [4.78, 5) is 0. The van der Waals surface area contributed by atoms with Crippen molar-refractivity contribution in [3.05, 3.63) is 11.6 Å². The summed E-state index contributed by atoms with van der Waals surface area (Å²) in [5.41, 5.74) is 1.29. The van der Waals surface area contributed by atoms with Gasteiger partial charge in [-0.15, -0.1) is 0 Å². The molecule has 0 bridgehead atoms. The smallest absolute Gasteiger partial charge is 0.270 e. The molecule has 0 saturated carbocycles. The minimum absolute atomic E-state index is 0.00157. The SMILES string of the molecule is CC1CC=C(C(C)C)[C@@H](OC(O)OCI)C1. The van der Waals surface area contributed by atoms with Crippen LogP contribution in [-0.2, 0) is 9.47 Å². The normalized spacial score (nSPS) is 28.0. The van der Waals surface area contributed by atoms with Crippen LogP contribution in [0.2, 0.25) is 0 Å². The molecule has 0 aromatic rings. The van der Waals surface area contributed by atoms with Crippen molar-refractivity contribution in [1.82, 2.24) is 0 Å². The lowest BCUT2D eigenvalue weighted by atomic mass is 9.84. The number of aliphatic hydroxyl groups is 1. The first-order valence-corrected chi connectivity index (χ1v) is 7.28. The first-order valence-electron chi connectivity index (χ1n) is 5.75. The number of halogens is 1. The first kappa shape index (κ1) is 14.4. The molecule has 1 aliphatic carbocycles. The van der Waals surface area contributed by atoms with E-state index in [2.05, 4.69) is 26.8 Å². The van der Waals surface area contributed by atoms with Gasteiger partial charge >= 0.3 is 0 Å². The number of aliphatic hydroxyl groups excluding tert-OH is 1. The third-order valence-corrected chi connectivity index (χ3v) is 3.26. The molecule has 0 aromatic carbocycles. The lowest BCUT2D eigenvalue weighted by molar-refractivity contribution is -0.269. The summed E-state index contributed by atoms with van der Waals surface area (Å²) in [7, 11) is 0. The lowest BCUT2D eigenvalue weighted by Gasteiger charge is -2.31. The van der Waals surface area contributed by atoms with Gasteiger partial charge in [0.25, 0.3) is 6.48 Å². The Morgan fingerprint density at radius 1 is 1.56 bits per heavy atom. The molecule has 94 valence electrons. The number of hydrogen-bond donors (Lipinski definition) is 1. The van der Waals surface area contributed by atoms with E-state index in [1.807, 2.05) is 22.6 Å². The molecule has 0 heterocycles. The van der Waals surface area contributed by atoms with Crippen molar-refractivity contribution in [1.29, 1.82) is 0 Å². The Labute approximate surface area is 111 Å². The molecule has 4 heteroatoms. The van der Waals surface area contributed by atoms with Crippen LogP contribution in [-0.4, -0.2) is 22.3 Å². The van der Waals surface area contributed by atoms with E-state index >= 15 is 0 Å². The molecule has 0 radical (unpaired) electrons. The van der Waals surface area contributed by atoms with Gasteiger partial charge in [0.15, 0.2) is 0 Å². The van der Waals surface area contributed by atoms with Crippen LogP contribution < -0.4 is 0 Å². The monoisotopic (exact) mass is 340 g/mol. The molecule has 0 amide bonds. The molecule has 0 aromatic heterocycles. The van der Waals surface area contributed by atoms with E-state index in [1.165, 1.54) is 5.57 Å². The predicted molar refractivity (Wildman–Crippen MR) is 72.2 cm³/mol. The summed E-state index contributed by atoms with van der Waals surface area (Å²) in [6.07, 6.45) is 4.32. The maximum atomic E-state index is 9.51. The molecule has 0 fully saturated rings. The standard InChI is InChI=1S/C12H21IO3/c1-8(2)10-5-4-9(3)6-11(10)16-12(14)15-7-13/h5,8-9,11-12,14H,4,6-7H2,1-3H3/t9?,11-,12?/m0/s1. The average Bonchev–Trinajstić information content (AvgIpc) is 2.17. The van der Waals surface area contributed by atoms with Gasteiger partial charge in [0.2, 0.25) is 0 Å². The minimum Gasteiger partial charge on any atom is -0.346 e. The van der Waals surface area contributed by atoms with Crippen molar-refractivity contribution < 1.29 is 14.6 Å². The molecule has 0 aliphatic heterocycles. The first-order chi connectivity index (χ1) is 7.54. The zero-order chi connectivity index (χ0) is 12.1. The van der Waals surface area contributed by atoms with E-state index in [0.717, 1.165) is 12.8 Å². The van der Waals surface area contributed by atoms with Gasteiger partial charge in [-0.2, -0.15) is 0 Å². The summed E-state index contributed by atoms with van der Waals surface area (Å²) >= 11 is 2.04. The molecule has 1 N–H and O–H groups in total. The second-order valence-electron chi connectivity index (χ2n) is 4.64. The van der Waals surface area contributed by atoms with Crippen LogP contribution in [0, 0.1) is 11.8 Å². The van der Waals surface area contributed by atoms with Gasteiger partial charge in [0.1, 0.15) is 4.61 Å². The van der Waals surface area contributed by atoms with Gasteiger partial charge in [-0.1, -0.05) is 49.4 Å². The van der Waals surface area contributed by atoms with Gasteiger partial charge in [0, 0.05) is 0 Å². The maximum absolute atomic E-state index is 9.51. The van der Waals surface area contributed by atoms with E-state index in [9.17, 15) is 5.11 Å². The second-order valence-corrected chi connectivity index (χ2v) is 5.27. The molecule has 1 rings (SSSR count). The zero-order valence-electron chi connectivity index (χ0n) is 10.1. The molecule has 2 unspecified atom stereocenters. The Balaban J connectivity index is 2.60. The number of allylic oxidation sites excluding steroid dienone is 1. The zero-order valence-corrected chi connectivity index (χ0v) is 12.3. The van der Waals surface area contributed by atoms with E-state index in [1.54, 1.807) is 0 Å². The van der Waals surface area contributed by atoms with Gasteiger partial charge in [-0.05, 0) is 30.3 Å². The van der Waals surface area contributed by atoms with Gasteiger partial charge < -0.3 is 14.6 Å². The Hall–Kier alpha value is 0.350. The summed E-state index contributed by atoms with van der Waals surface area (Å²) in [6.45, 7) is 5.41. The summed E-state index contributed by atoms with van der Waals surface area (Å²) in [6, 6.07) is 0. The Morgan fingerprint density at radius 2 is 2.25 bits per heavy atom. The molecule has 16 heavy (non-hydrogen) atoms. The highest BCUT2D eigenvalue weighted by atomic mass is 127. The van der Waals surface area contributed by atoms with Crippen LogP contribution in [0.5, 0.6) is 0 Å². The third kappa shape index (κ3) is 4.31. The number of hydrogen-bond acceptors (Lipinski definition) is 3. The van der Waals surface area contributed by atoms with Crippen molar-refractivity contribution in [2.45, 2.75) is 46.2 Å². The number of rotatable bonds is 5. The van der Waals surface area contributed by atoms with Crippen molar-refractivity contribution in [2.24, 2.45) is 11.8 Å². The summed E-state index contributed by atoms with van der Waals surface area (Å²) < 4.78 is 11.0. The van der Waals surface area contributed by atoms with Gasteiger partial charge in [0.05, 0.1) is 6.10 Å². The number of alkyl halides is 1. The molecule has 3 atom stereocenters. The molecular formula is C12H21IO3. The Morgan fingerprint density at radius 3 is 2.81 bits per heavy atom. The van der Waals surface area contributed by atoms with E-state index < -0.39 is 6.48 Å². The van der Waals surface area contributed by atoms with Gasteiger partial charge in [-0.25, -0.2) is 0 Å². The van der Waals surface area contributed by atoms with Crippen LogP contribution >= 0.6 is 22.6 Å². The molecule has 1 aliphatic rings.